The van der Waals surface area contributed by atoms with Crippen LogP contribution < -0.4 is 5.32 Å². The van der Waals surface area contributed by atoms with E-state index in [-0.39, 0.29) is 0 Å². The van der Waals surface area contributed by atoms with Gasteiger partial charge in [-0.2, -0.15) is 0 Å². The van der Waals surface area contributed by atoms with E-state index in [2.05, 4.69) is 12.2 Å². The zero-order valence-corrected chi connectivity index (χ0v) is 11.2. The quantitative estimate of drug-likeness (QED) is 0.556. The van der Waals surface area contributed by atoms with Crippen molar-refractivity contribution >= 4 is 10.8 Å². The van der Waals surface area contributed by atoms with Crippen molar-refractivity contribution in [2.45, 2.75) is 51.9 Å². The van der Waals surface area contributed by atoms with E-state index in [0.717, 1.165) is 18.8 Å². The second kappa shape index (κ2) is 12.2. The molecule has 1 unspecified atom stereocenters. The Balaban J connectivity index is 2.89. The standard InChI is InChI=1S/C12H27NOS/c1-3-4-5-6-7-8-9-10-13-11-12-15(2)14/h13H,3-12H2,1-2H3. The molecule has 0 aliphatic heterocycles. The van der Waals surface area contributed by atoms with Gasteiger partial charge >= 0.3 is 0 Å². The summed E-state index contributed by atoms with van der Waals surface area (Å²) in [6.45, 7) is 4.24. The number of unbranched alkanes of at least 4 members (excludes halogenated alkanes) is 6. The van der Waals surface area contributed by atoms with Crippen molar-refractivity contribution in [1.82, 2.24) is 5.32 Å². The van der Waals surface area contributed by atoms with Crippen LogP contribution in [0.4, 0.5) is 0 Å². The lowest BCUT2D eigenvalue weighted by Gasteiger charge is -2.03. The molecule has 0 saturated carbocycles. The van der Waals surface area contributed by atoms with Crippen LogP contribution in [0.2, 0.25) is 0 Å². The molecule has 1 N–H and O–H groups in total. The van der Waals surface area contributed by atoms with Crippen LogP contribution in [-0.2, 0) is 10.8 Å². The predicted octanol–water partition coefficient (Wildman–Crippen LogP) is 2.71. The molecule has 0 saturated heterocycles. The molecule has 0 aromatic rings. The first-order valence-electron chi connectivity index (χ1n) is 6.28. The molecule has 1 atom stereocenters. The van der Waals surface area contributed by atoms with E-state index in [1.165, 1.54) is 44.9 Å². The van der Waals surface area contributed by atoms with Gasteiger partial charge in [-0.15, -0.1) is 0 Å². The number of nitrogens with one attached hydrogen (secondary N) is 1. The van der Waals surface area contributed by atoms with Gasteiger partial charge in [0.1, 0.15) is 0 Å². The summed E-state index contributed by atoms with van der Waals surface area (Å²) in [5, 5.41) is 3.33. The van der Waals surface area contributed by atoms with E-state index in [1.54, 1.807) is 6.26 Å². The summed E-state index contributed by atoms with van der Waals surface area (Å²) in [5.74, 6) is 0.788. The topological polar surface area (TPSA) is 29.1 Å². The average Bonchev–Trinajstić information content (AvgIpc) is 2.20. The maximum Gasteiger partial charge on any atom is 0.0357 e. The fraction of sp³-hybridized carbons (Fsp3) is 1.00. The van der Waals surface area contributed by atoms with E-state index in [0.29, 0.717) is 0 Å². The summed E-state index contributed by atoms with van der Waals surface area (Å²) in [7, 11) is -0.641. The van der Waals surface area contributed by atoms with Crippen molar-refractivity contribution in [3.05, 3.63) is 0 Å². The minimum Gasteiger partial charge on any atom is -0.316 e. The highest BCUT2D eigenvalue weighted by molar-refractivity contribution is 7.84. The third-order valence-corrected chi connectivity index (χ3v) is 3.30. The third-order valence-electron chi connectivity index (χ3n) is 2.52. The van der Waals surface area contributed by atoms with Crippen LogP contribution in [0.25, 0.3) is 0 Å². The van der Waals surface area contributed by atoms with E-state index in [9.17, 15) is 4.21 Å². The van der Waals surface area contributed by atoms with E-state index >= 15 is 0 Å². The van der Waals surface area contributed by atoms with Gasteiger partial charge in [0.25, 0.3) is 0 Å². The predicted molar refractivity (Wildman–Crippen MR) is 69.8 cm³/mol. The van der Waals surface area contributed by atoms with Crippen LogP contribution in [0.1, 0.15) is 51.9 Å². The first kappa shape index (κ1) is 15.1. The molecule has 0 rings (SSSR count). The summed E-state index contributed by atoms with van der Waals surface area (Å²) < 4.78 is 10.8. The Morgan fingerprint density at radius 2 is 1.53 bits per heavy atom. The van der Waals surface area contributed by atoms with Gasteiger partial charge in [0, 0.05) is 29.4 Å². The maximum atomic E-state index is 10.8. The summed E-state index contributed by atoms with van der Waals surface area (Å²) in [6, 6.07) is 0. The molecule has 0 aliphatic carbocycles. The third kappa shape index (κ3) is 14.1. The number of rotatable bonds is 11. The highest BCUT2D eigenvalue weighted by atomic mass is 32.2. The van der Waals surface area contributed by atoms with Gasteiger partial charge in [-0.1, -0.05) is 45.4 Å². The van der Waals surface area contributed by atoms with Crippen LogP contribution in [0, 0.1) is 0 Å². The Bertz CT molecular complexity index is 151. The van der Waals surface area contributed by atoms with Crippen LogP contribution in [-0.4, -0.2) is 29.3 Å². The van der Waals surface area contributed by atoms with Crippen molar-refractivity contribution < 1.29 is 4.21 Å². The fourth-order valence-electron chi connectivity index (χ4n) is 1.55. The first-order valence-corrected chi connectivity index (χ1v) is 8.00. The molecule has 0 spiro atoms. The highest BCUT2D eigenvalue weighted by Gasteiger charge is 1.92. The van der Waals surface area contributed by atoms with E-state index < -0.39 is 10.8 Å². The van der Waals surface area contributed by atoms with Gasteiger partial charge in [0.05, 0.1) is 0 Å². The lowest BCUT2D eigenvalue weighted by molar-refractivity contribution is 0.569. The largest absolute Gasteiger partial charge is 0.316 e. The van der Waals surface area contributed by atoms with Crippen molar-refractivity contribution in [2.75, 3.05) is 25.1 Å². The molecule has 0 heterocycles. The SMILES string of the molecule is CCCCCCCCCNCCS(C)=O. The van der Waals surface area contributed by atoms with Gasteiger partial charge in [-0.05, 0) is 13.0 Å². The highest BCUT2D eigenvalue weighted by Crippen LogP contribution is 2.05. The molecule has 0 amide bonds. The molecule has 3 heteroatoms. The Kier molecular flexibility index (Phi) is 12.3. The minimum atomic E-state index is -0.641. The Hall–Kier alpha value is 0.110. The lowest BCUT2D eigenvalue weighted by atomic mass is 10.1. The second-order valence-corrected chi connectivity index (χ2v) is 5.70. The molecule has 0 aliphatic rings. The van der Waals surface area contributed by atoms with Crippen molar-refractivity contribution in [2.24, 2.45) is 0 Å². The summed E-state index contributed by atoms with van der Waals surface area (Å²) in [6.07, 6.45) is 11.3. The average molecular weight is 233 g/mol. The van der Waals surface area contributed by atoms with Crippen LogP contribution in [0.3, 0.4) is 0 Å². The molecule has 0 radical (unpaired) electrons. The molecule has 0 bridgehead atoms. The van der Waals surface area contributed by atoms with Crippen molar-refractivity contribution in [3.8, 4) is 0 Å². The van der Waals surface area contributed by atoms with Crippen LogP contribution >= 0.6 is 0 Å². The van der Waals surface area contributed by atoms with Gasteiger partial charge in [0.2, 0.25) is 0 Å². The Morgan fingerprint density at radius 1 is 0.933 bits per heavy atom. The van der Waals surface area contributed by atoms with Gasteiger partial charge in [-0.25, -0.2) is 0 Å². The zero-order valence-electron chi connectivity index (χ0n) is 10.4. The molecule has 0 fully saturated rings. The molecule has 15 heavy (non-hydrogen) atoms. The lowest BCUT2D eigenvalue weighted by Crippen LogP contribution is -2.21. The van der Waals surface area contributed by atoms with Crippen LogP contribution in [0.5, 0.6) is 0 Å². The summed E-state index contributed by atoms with van der Waals surface area (Å²) in [5.41, 5.74) is 0. The van der Waals surface area contributed by atoms with Crippen molar-refractivity contribution in [1.29, 1.82) is 0 Å². The second-order valence-electron chi connectivity index (χ2n) is 4.15. The smallest absolute Gasteiger partial charge is 0.0357 e. The van der Waals surface area contributed by atoms with Gasteiger partial charge in [0.15, 0.2) is 0 Å². The number of hydrogen-bond donors (Lipinski definition) is 1. The maximum absolute atomic E-state index is 10.8. The Morgan fingerprint density at radius 3 is 2.13 bits per heavy atom. The number of hydrogen-bond acceptors (Lipinski definition) is 2. The van der Waals surface area contributed by atoms with E-state index in [4.69, 9.17) is 0 Å². The summed E-state index contributed by atoms with van der Waals surface area (Å²) in [4.78, 5) is 0. The Labute approximate surface area is 97.7 Å². The molecule has 2 nitrogen and oxygen atoms in total. The van der Waals surface area contributed by atoms with Gasteiger partial charge in [-0.3, -0.25) is 4.21 Å². The van der Waals surface area contributed by atoms with Gasteiger partial charge < -0.3 is 5.32 Å². The molecule has 0 aromatic carbocycles. The zero-order chi connectivity index (χ0) is 11.4. The van der Waals surface area contributed by atoms with Crippen molar-refractivity contribution in [3.63, 3.8) is 0 Å². The summed E-state index contributed by atoms with van der Waals surface area (Å²) >= 11 is 0. The molecular formula is C12H27NOS. The first-order chi connectivity index (χ1) is 7.27. The molecule has 0 aromatic heterocycles. The fourth-order valence-corrected chi connectivity index (χ4v) is 1.98. The monoisotopic (exact) mass is 233 g/mol. The molecule has 92 valence electrons. The molecular weight excluding hydrogens is 206 g/mol. The van der Waals surface area contributed by atoms with E-state index in [1.807, 2.05) is 0 Å². The van der Waals surface area contributed by atoms with Crippen LogP contribution in [0.15, 0.2) is 0 Å². The minimum absolute atomic E-state index is 0.641. The normalized spacial score (nSPS) is 12.9.